The first kappa shape index (κ1) is 13.2. The van der Waals surface area contributed by atoms with E-state index in [4.69, 9.17) is 5.11 Å². The molecule has 5 heteroatoms. The van der Waals surface area contributed by atoms with Crippen molar-refractivity contribution in [1.82, 2.24) is 10.6 Å². The Bertz CT molecular complexity index is 322. The number of amides is 2. The summed E-state index contributed by atoms with van der Waals surface area (Å²) in [5.74, 6) is 0.0768. The molecule has 0 aromatic carbocycles. The molecule has 3 N–H and O–H groups in total. The standard InChI is InChI=1S/C13H22N2O3/c16-11(17)3-1-2-8-14-12(18)15-9-13(6-7-13)10-4-5-10/h10H,1-9H2,(H,16,17)(H2,14,15,18). The van der Waals surface area contributed by atoms with Crippen molar-refractivity contribution in [1.29, 1.82) is 0 Å². The van der Waals surface area contributed by atoms with E-state index in [0.717, 1.165) is 12.5 Å². The highest BCUT2D eigenvalue weighted by Crippen LogP contribution is 2.60. The fourth-order valence-electron chi connectivity index (χ4n) is 2.51. The highest BCUT2D eigenvalue weighted by Gasteiger charge is 2.53. The first-order chi connectivity index (χ1) is 8.62. The van der Waals surface area contributed by atoms with Crippen LogP contribution in [0.25, 0.3) is 0 Å². The SMILES string of the molecule is O=C(O)CCCCNC(=O)NCC1(C2CC2)CC1. The predicted molar refractivity (Wildman–Crippen MR) is 67.3 cm³/mol. The van der Waals surface area contributed by atoms with Crippen LogP contribution in [-0.4, -0.2) is 30.2 Å². The second-order valence-corrected chi connectivity index (χ2v) is 5.60. The molecular formula is C13H22N2O3. The molecule has 2 aliphatic rings. The molecule has 0 aromatic heterocycles. The molecule has 2 fully saturated rings. The molecule has 0 saturated heterocycles. The van der Waals surface area contributed by atoms with Crippen molar-refractivity contribution in [2.45, 2.75) is 44.9 Å². The van der Waals surface area contributed by atoms with Gasteiger partial charge in [0.2, 0.25) is 0 Å². The van der Waals surface area contributed by atoms with Gasteiger partial charge < -0.3 is 15.7 Å². The van der Waals surface area contributed by atoms with Crippen LogP contribution in [0.2, 0.25) is 0 Å². The Morgan fingerprint density at radius 1 is 1.17 bits per heavy atom. The number of carbonyl (C=O) groups excluding carboxylic acids is 1. The summed E-state index contributed by atoms with van der Waals surface area (Å²) < 4.78 is 0. The molecule has 2 saturated carbocycles. The molecule has 18 heavy (non-hydrogen) atoms. The number of carboxylic acids is 1. The molecule has 0 spiro atoms. The van der Waals surface area contributed by atoms with Gasteiger partial charge >= 0.3 is 12.0 Å². The van der Waals surface area contributed by atoms with E-state index >= 15 is 0 Å². The lowest BCUT2D eigenvalue weighted by atomic mass is 10.0. The van der Waals surface area contributed by atoms with Crippen molar-refractivity contribution in [3.05, 3.63) is 0 Å². The highest BCUT2D eigenvalue weighted by atomic mass is 16.4. The van der Waals surface area contributed by atoms with E-state index < -0.39 is 5.97 Å². The zero-order valence-corrected chi connectivity index (χ0v) is 10.7. The first-order valence-corrected chi connectivity index (χ1v) is 6.86. The number of unbranched alkanes of at least 4 members (excludes halogenated alkanes) is 1. The molecule has 0 atom stereocenters. The van der Waals surface area contributed by atoms with Gasteiger partial charge in [0, 0.05) is 19.5 Å². The van der Waals surface area contributed by atoms with Gasteiger partial charge in [0.1, 0.15) is 0 Å². The number of carbonyl (C=O) groups is 2. The van der Waals surface area contributed by atoms with Crippen molar-refractivity contribution in [3.8, 4) is 0 Å². The molecule has 102 valence electrons. The van der Waals surface area contributed by atoms with Gasteiger partial charge in [-0.05, 0) is 49.9 Å². The van der Waals surface area contributed by atoms with Crippen LogP contribution in [0.1, 0.15) is 44.9 Å². The Hall–Kier alpha value is -1.26. The van der Waals surface area contributed by atoms with E-state index in [1.807, 2.05) is 0 Å². The second kappa shape index (κ2) is 5.59. The minimum Gasteiger partial charge on any atom is -0.481 e. The maximum absolute atomic E-state index is 11.5. The molecule has 0 radical (unpaired) electrons. The second-order valence-electron chi connectivity index (χ2n) is 5.60. The Morgan fingerprint density at radius 2 is 1.89 bits per heavy atom. The van der Waals surface area contributed by atoms with Gasteiger partial charge in [-0.2, -0.15) is 0 Å². The van der Waals surface area contributed by atoms with Gasteiger partial charge in [0.25, 0.3) is 0 Å². The fourth-order valence-corrected chi connectivity index (χ4v) is 2.51. The van der Waals surface area contributed by atoms with E-state index in [0.29, 0.717) is 24.8 Å². The minimum atomic E-state index is -0.778. The molecule has 5 nitrogen and oxygen atoms in total. The molecule has 0 bridgehead atoms. The Labute approximate surface area is 107 Å². The van der Waals surface area contributed by atoms with Crippen LogP contribution < -0.4 is 10.6 Å². The summed E-state index contributed by atoms with van der Waals surface area (Å²) in [6, 6.07) is -0.114. The molecule has 0 aromatic rings. The van der Waals surface area contributed by atoms with Crippen molar-refractivity contribution < 1.29 is 14.7 Å². The van der Waals surface area contributed by atoms with E-state index in [2.05, 4.69) is 10.6 Å². The van der Waals surface area contributed by atoms with Crippen LogP contribution in [0, 0.1) is 11.3 Å². The summed E-state index contributed by atoms with van der Waals surface area (Å²) in [7, 11) is 0. The smallest absolute Gasteiger partial charge is 0.314 e. The summed E-state index contributed by atoms with van der Waals surface area (Å²) in [5, 5.41) is 14.2. The van der Waals surface area contributed by atoms with Crippen LogP contribution in [0.15, 0.2) is 0 Å². The minimum absolute atomic E-state index is 0.114. The zero-order chi connectivity index (χ0) is 13.0. The van der Waals surface area contributed by atoms with Crippen molar-refractivity contribution in [2.24, 2.45) is 11.3 Å². The average molecular weight is 254 g/mol. The summed E-state index contributed by atoms with van der Waals surface area (Å²) in [5.41, 5.74) is 0.431. The maximum Gasteiger partial charge on any atom is 0.314 e. The zero-order valence-electron chi connectivity index (χ0n) is 10.7. The van der Waals surface area contributed by atoms with E-state index in [9.17, 15) is 9.59 Å². The Kier molecular flexibility index (Phi) is 4.09. The van der Waals surface area contributed by atoms with Crippen molar-refractivity contribution in [3.63, 3.8) is 0 Å². The summed E-state index contributed by atoms with van der Waals surface area (Å²) in [6.07, 6.45) is 6.69. The lowest BCUT2D eigenvalue weighted by molar-refractivity contribution is -0.137. The lowest BCUT2D eigenvalue weighted by Gasteiger charge is -2.15. The van der Waals surface area contributed by atoms with Crippen LogP contribution >= 0.6 is 0 Å². The van der Waals surface area contributed by atoms with Crippen LogP contribution in [0.3, 0.4) is 0 Å². The maximum atomic E-state index is 11.5. The average Bonchev–Trinajstić information content (AvgIpc) is 3.15. The summed E-state index contributed by atoms with van der Waals surface area (Å²) in [4.78, 5) is 21.8. The predicted octanol–water partition coefficient (Wildman–Crippen LogP) is 1.73. The molecule has 2 rings (SSSR count). The van der Waals surface area contributed by atoms with Crippen molar-refractivity contribution in [2.75, 3.05) is 13.1 Å². The normalized spacial score (nSPS) is 20.2. The number of carboxylic acid groups (broad SMARTS) is 1. The third kappa shape index (κ3) is 3.89. The van der Waals surface area contributed by atoms with Crippen molar-refractivity contribution >= 4 is 12.0 Å². The largest absolute Gasteiger partial charge is 0.481 e. The monoisotopic (exact) mass is 254 g/mol. The number of urea groups is 1. The number of aliphatic carboxylic acids is 1. The topological polar surface area (TPSA) is 78.4 Å². The van der Waals surface area contributed by atoms with E-state index in [1.54, 1.807) is 0 Å². The Morgan fingerprint density at radius 3 is 2.44 bits per heavy atom. The van der Waals surface area contributed by atoms with Gasteiger partial charge in [-0.25, -0.2) is 4.79 Å². The number of nitrogens with one attached hydrogen (secondary N) is 2. The quantitative estimate of drug-likeness (QED) is 0.577. The molecule has 0 aliphatic heterocycles. The highest BCUT2D eigenvalue weighted by molar-refractivity contribution is 5.73. The first-order valence-electron chi connectivity index (χ1n) is 6.86. The van der Waals surface area contributed by atoms with Gasteiger partial charge in [-0.1, -0.05) is 0 Å². The van der Waals surface area contributed by atoms with Gasteiger partial charge in [-0.3, -0.25) is 4.79 Å². The number of rotatable bonds is 8. The van der Waals surface area contributed by atoms with Gasteiger partial charge in [0.15, 0.2) is 0 Å². The summed E-state index contributed by atoms with van der Waals surface area (Å²) >= 11 is 0. The van der Waals surface area contributed by atoms with E-state index in [-0.39, 0.29) is 12.5 Å². The molecule has 2 aliphatic carbocycles. The molecule has 2 amide bonds. The third-order valence-corrected chi connectivity index (χ3v) is 4.04. The lowest BCUT2D eigenvalue weighted by Crippen LogP contribution is -2.39. The summed E-state index contributed by atoms with van der Waals surface area (Å²) in [6.45, 7) is 1.36. The van der Waals surface area contributed by atoms with E-state index in [1.165, 1.54) is 25.7 Å². The van der Waals surface area contributed by atoms with Crippen LogP contribution in [0.4, 0.5) is 4.79 Å². The van der Waals surface area contributed by atoms with Gasteiger partial charge in [0.05, 0.1) is 0 Å². The number of hydrogen-bond donors (Lipinski definition) is 3. The number of hydrogen-bond acceptors (Lipinski definition) is 2. The molecular weight excluding hydrogens is 232 g/mol. The van der Waals surface area contributed by atoms with Crippen LogP contribution in [0.5, 0.6) is 0 Å². The third-order valence-electron chi connectivity index (χ3n) is 4.04. The molecule has 0 unspecified atom stereocenters. The van der Waals surface area contributed by atoms with Gasteiger partial charge in [-0.15, -0.1) is 0 Å². The fraction of sp³-hybridized carbons (Fsp3) is 0.846. The van der Waals surface area contributed by atoms with Crippen LogP contribution in [-0.2, 0) is 4.79 Å². The Balaban J connectivity index is 1.49. The molecule has 0 heterocycles.